The standard InChI is InChI=1S/C13H15N5O/c1-17-10-4-3-8(5-9(10)6-12(17)19)13-15-11(7-14)18(2)16-13/h3-5H,6-7,14H2,1-2H3. The first-order chi connectivity index (χ1) is 9.10. The summed E-state index contributed by atoms with van der Waals surface area (Å²) in [5, 5.41) is 4.34. The van der Waals surface area contributed by atoms with Crippen molar-refractivity contribution in [3.05, 3.63) is 29.6 Å². The quantitative estimate of drug-likeness (QED) is 0.848. The SMILES string of the molecule is CN1C(=O)Cc2cc(-c3nc(CN)n(C)n3)ccc21. The number of anilines is 1. The molecule has 2 N–H and O–H groups in total. The van der Waals surface area contributed by atoms with Gasteiger partial charge in [0.15, 0.2) is 5.82 Å². The van der Waals surface area contributed by atoms with Crippen molar-refractivity contribution >= 4 is 11.6 Å². The number of nitrogens with zero attached hydrogens (tertiary/aromatic N) is 4. The Hall–Kier alpha value is -2.21. The Morgan fingerprint density at radius 1 is 1.37 bits per heavy atom. The summed E-state index contributed by atoms with van der Waals surface area (Å²) in [6, 6.07) is 5.85. The van der Waals surface area contributed by atoms with Crippen molar-refractivity contribution in [3.8, 4) is 11.4 Å². The predicted molar refractivity (Wildman–Crippen MR) is 71.4 cm³/mol. The number of nitrogens with two attached hydrogens (primary N) is 1. The molecule has 2 aromatic rings. The third-order valence-electron chi connectivity index (χ3n) is 3.45. The smallest absolute Gasteiger partial charge is 0.231 e. The molecule has 0 unspecified atom stereocenters. The second-order valence-electron chi connectivity index (χ2n) is 4.65. The van der Waals surface area contributed by atoms with E-state index in [0.717, 1.165) is 22.6 Å². The number of hydrogen-bond donors (Lipinski definition) is 1. The van der Waals surface area contributed by atoms with E-state index < -0.39 is 0 Å². The van der Waals surface area contributed by atoms with E-state index >= 15 is 0 Å². The maximum atomic E-state index is 11.7. The fraction of sp³-hybridized carbons (Fsp3) is 0.308. The highest BCUT2D eigenvalue weighted by molar-refractivity contribution is 6.01. The number of carbonyl (C=O) groups is 1. The fourth-order valence-corrected chi connectivity index (χ4v) is 2.33. The van der Waals surface area contributed by atoms with Crippen LogP contribution in [0.25, 0.3) is 11.4 Å². The minimum Gasteiger partial charge on any atom is -0.324 e. The van der Waals surface area contributed by atoms with Crippen LogP contribution in [0.15, 0.2) is 18.2 Å². The molecule has 0 fully saturated rings. The summed E-state index contributed by atoms with van der Waals surface area (Å²) in [5.41, 5.74) is 8.49. The summed E-state index contributed by atoms with van der Waals surface area (Å²) >= 11 is 0. The minimum absolute atomic E-state index is 0.115. The lowest BCUT2D eigenvalue weighted by atomic mass is 10.1. The molecule has 0 saturated carbocycles. The lowest BCUT2D eigenvalue weighted by Gasteiger charge is -2.09. The van der Waals surface area contributed by atoms with Crippen LogP contribution in [0.5, 0.6) is 0 Å². The van der Waals surface area contributed by atoms with Gasteiger partial charge in [-0.05, 0) is 23.8 Å². The average molecular weight is 257 g/mol. The number of aromatic nitrogens is 3. The number of likely N-dealkylation sites (N-methyl/N-ethyl adjacent to an activating group) is 1. The Labute approximate surface area is 110 Å². The van der Waals surface area contributed by atoms with Gasteiger partial charge < -0.3 is 10.6 Å². The van der Waals surface area contributed by atoms with Crippen molar-refractivity contribution in [2.24, 2.45) is 12.8 Å². The third kappa shape index (κ3) is 1.80. The van der Waals surface area contributed by atoms with Gasteiger partial charge in [-0.1, -0.05) is 0 Å². The molecule has 0 aliphatic carbocycles. The fourth-order valence-electron chi connectivity index (χ4n) is 2.33. The monoisotopic (exact) mass is 257 g/mol. The number of benzene rings is 1. The van der Waals surface area contributed by atoms with Gasteiger partial charge in [-0.3, -0.25) is 9.48 Å². The Morgan fingerprint density at radius 2 is 2.16 bits per heavy atom. The minimum atomic E-state index is 0.115. The molecule has 1 aromatic heterocycles. The van der Waals surface area contributed by atoms with Gasteiger partial charge in [0.1, 0.15) is 5.82 Å². The Morgan fingerprint density at radius 3 is 2.84 bits per heavy atom. The lowest BCUT2D eigenvalue weighted by Crippen LogP contribution is -2.20. The van der Waals surface area contributed by atoms with Gasteiger partial charge in [-0.25, -0.2) is 4.98 Å². The number of rotatable bonds is 2. The Bertz CT molecular complexity index is 661. The molecule has 1 aliphatic rings. The van der Waals surface area contributed by atoms with Gasteiger partial charge in [-0.15, -0.1) is 0 Å². The number of carbonyl (C=O) groups excluding carboxylic acids is 1. The number of amides is 1. The lowest BCUT2D eigenvalue weighted by molar-refractivity contribution is -0.117. The van der Waals surface area contributed by atoms with Crippen LogP contribution in [0.2, 0.25) is 0 Å². The number of fused-ring (bicyclic) bond motifs is 1. The molecule has 0 atom stereocenters. The third-order valence-corrected chi connectivity index (χ3v) is 3.45. The van der Waals surface area contributed by atoms with E-state index in [4.69, 9.17) is 5.73 Å². The molecule has 0 bridgehead atoms. The van der Waals surface area contributed by atoms with Crippen molar-refractivity contribution in [2.45, 2.75) is 13.0 Å². The average Bonchev–Trinajstić information content (AvgIpc) is 2.91. The van der Waals surface area contributed by atoms with E-state index in [1.807, 2.05) is 25.2 Å². The summed E-state index contributed by atoms with van der Waals surface area (Å²) in [5.74, 6) is 1.50. The van der Waals surface area contributed by atoms with E-state index in [1.54, 1.807) is 16.6 Å². The molecule has 0 spiro atoms. The highest BCUT2D eigenvalue weighted by atomic mass is 16.2. The zero-order chi connectivity index (χ0) is 13.6. The topological polar surface area (TPSA) is 77.0 Å². The summed E-state index contributed by atoms with van der Waals surface area (Å²) in [4.78, 5) is 17.7. The van der Waals surface area contributed by atoms with Gasteiger partial charge >= 0.3 is 0 Å². The van der Waals surface area contributed by atoms with E-state index in [1.165, 1.54) is 0 Å². The van der Waals surface area contributed by atoms with Crippen LogP contribution in [0.1, 0.15) is 11.4 Å². The van der Waals surface area contributed by atoms with Gasteiger partial charge in [-0.2, -0.15) is 5.10 Å². The molecule has 2 heterocycles. The van der Waals surface area contributed by atoms with Crippen molar-refractivity contribution < 1.29 is 4.79 Å². The van der Waals surface area contributed by atoms with Crippen molar-refractivity contribution in [3.63, 3.8) is 0 Å². The molecule has 98 valence electrons. The van der Waals surface area contributed by atoms with E-state index in [9.17, 15) is 4.79 Å². The highest BCUT2D eigenvalue weighted by Gasteiger charge is 2.24. The van der Waals surface area contributed by atoms with Crippen LogP contribution in [0.4, 0.5) is 5.69 Å². The molecule has 0 radical (unpaired) electrons. The second kappa shape index (κ2) is 4.17. The van der Waals surface area contributed by atoms with Crippen LogP contribution in [0, 0.1) is 0 Å². The number of hydrogen-bond acceptors (Lipinski definition) is 4. The van der Waals surface area contributed by atoms with Crippen LogP contribution in [-0.4, -0.2) is 27.7 Å². The maximum Gasteiger partial charge on any atom is 0.231 e. The molecule has 1 aliphatic heterocycles. The van der Waals surface area contributed by atoms with E-state index in [2.05, 4.69) is 10.1 Å². The summed E-state index contributed by atoms with van der Waals surface area (Å²) in [6.07, 6.45) is 0.441. The van der Waals surface area contributed by atoms with E-state index in [0.29, 0.717) is 18.8 Å². The zero-order valence-electron chi connectivity index (χ0n) is 10.9. The number of aryl methyl sites for hydroxylation is 1. The van der Waals surface area contributed by atoms with E-state index in [-0.39, 0.29) is 5.91 Å². The molecule has 1 amide bonds. The molecular weight excluding hydrogens is 242 g/mol. The van der Waals surface area contributed by atoms with Crippen LogP contribution in [0.3, 0.4) is 0 Å². The molecular formula is C13H15N5O. The van der Waals surface area contributed by atoms with Crippen molar-refractivity contribution in [1.82, 2.24) is 14.8 Å². The Balaban J connectivity index is 2.03. The first-order valence-corrected chi connectivity index (χ1v) is 6.10. The first kappa shape index (κ1) is 11.9. The van der Waals surface area contributed by atoms with Gasteiger partial charge in [0.05, 0.1) is 13.0 Å². The van der Waals surface area contributed by atoms with Gasteiger partial charge in [0.25, 0.3) is 0 Å². The maximum absolute atomic E-state index is 11.7. The largest absolute Gasteiger partial charge is 0.324 e. The summed E-state index contributed by atoms with van der Waals surface area (Å²) in [6.45, 7) is 0.357. The van der Waals surface area contributed by atoms with Crippen LogP contribution >= 0.6 is 0 Å². The molecule has 6 nitrogen and oxygen atoms in total. The molecule has 6 heteroatoms. The van der Waals surface area contributed by atoms with Crippen molar-refractivity contribution in [1.29, 1.82) is 0 Å². The zero-order valence-corrected chi connectivity index (χ0v) is 10.9. The molecule has 0 saturated heterocycles. The van der Waals surface area contributed by atoms with Gasteiger partial charge in [0, 0.05) is 25.3 Å². The normalized spacial score (nSPS) is 14.1. The summed E-state index contributed by atoms with van der Waals surface area (Å²) < 4.78 is 1.68. The predicted octanol–water partition coefficient (Wildman–Crippen LogP) is 0.460. The van der Waals surface area contributed by atoms with Gasteiger partial charge in [0.2, 0.25) is 5.91 Å². The van der Waals surface area contributed by atoms with Crippen LogP contribution < -0.4 is 10.6 Å². The molecule has 3 rings (SSSR count). The summed E-state index contributed by atoms with van der Waals surface area (Å²) in [7, 11) is 3.61. The first-order valence-electron chi connectivity index (χ1n) is 6.10. The second-order valence-corrected chi connectivity index (χ2v) is 4.65. The highest BCUT2D eigenvalue weighted by Crippen LogP contribution is 2.30. The molecule has 19 heavy (non-hydrogen) atoms. The van der Waals surface area contributed by atoms with Crippen LogP contribution in [-0.2, 0) is 24.8 Å². The molecule has 1 aromatic carbocycles. The van der Waals surface area contributed by atoms with Crippen molar-refractivity contribution in [2.75, 3.05) is 11.9 Å². The Kier molecular flexibility index (Phi) is 2.60.